The summed E-state index contributed by atoms with van der Waals surface area (Å²) in [6.07, 6.45) is 0. The summed E-state index contributed by atoms with van der Waals surface area (Å²) < 4.78 is 1.59. The molecule has 0 amide bonds. The Bertz CT molecular complexity index is 635. The third-order valence-corrected chi connectivity index (χ3v) is 3.35. The van der Waals surface area contributed by atoms with Gasteiger partial charge in [0.1, 0.15) is 11.4 Å². The number of rotatable bonds is 4. The highest BCUT2D eigenvalue weighted by molar-refractivity contribution is 6.30. The fraction of sp³-hybridized carbons (Fsp3) is 0.286. The van der Waals surface area contributed by atoms with Gasteiger partial charge in [0.2, 0.25) is 0 Å². The van der Waals surface area contributed by atoms with Crippen LogP contribution in [0.4, 0.5) is 5.82 Å². The van der Waals surface area contributed by atoms with Crippen LogP contribution < -0.4 is 4.90 Å². The molecule has 0 aliphatic carbocycles. The summed E-state index contributed by atoms with van der Waals surface area (Å²) >= 11 is 5.86. The number of carbonyl (C=O) groups is 1. The van der Waals surface area contributed by atoms with Gasteiger partial charge in [-0.25, -0.2) is 4.79 Å². The molecule has 2 aromatic rings. The molecule has 0 aliphatic rings. The number of nitrogens with zero attached hydrogens (tertiary/aromatic N) is 3. The number of aromatic nitrogens is 2. The van der Waals surface area contributed by atoms with Crippen molar-refractivity contribution in [3.8, 4) is 0 Å². The molecule has 0 atom stereocenters. The van der Waals surface area contributed by atoms with Crippen molar-refractivity contribution >= 4 is 23.4 Å². The van der Waals surface area contributed by atoms with Crippen molar-refractivity contribution < 1.29 is 9.90 Å². The quantitative estimate of drug-likeness (QED) is 0.941. The first-order valence-electron chi connectivity index (χ1n) is 6.12. The third kappa shape index (κ3) is 2.77. The topological polar surface area (TPSA) is 58.4 Å². The van der Waals surface area contributed by atoms with Crippen LogP contribution in [0.2, 0.25) is 5.02 Å². The minimum absolute atomic E-state index is 0.240. The zero-order chi connectivity index (χ0) is 14.9. The largest absolute Gasteiger partial charge is 0.477 e. The first kappa shape index (κ1) is 14.4. The van der Waals surface area contributed by atoms with Crippen LogP contribution in [0.15, 0.2) is 24.3 Å². The fourth-order valence-corrected chi connectivity index (χ4v) is 2.40. The predicted molar refractivity (Wildman–Crippen MR) is 78.5 cm³/mol. The van der Waals surface area contributed by atoms with E-state index in [0.717, 1.165) is 5.56 Å². The molecule has 0 saturated heterocycles. The summed E-state index contributed by atoms with van der Waals surface area (Å²) in [5.41, 5.74) is 1.80. The molecule has 0 bridgehead atoms. The molecule has 106 valence electrons. The van der Waals surface area contributed by atoms with Crippen molar-refractivity contribution in [1.82, 2.24) is 9.78 Å². The molecule has 6 heteroatoms. The van der Waals surface area contributed by atoms with E-state index in [0.29, 0.717) is 23.1 Å². The second-order valence-corrected chi connectivity index (χ2v) is 5.13. The number of anilines is 1. The minimum atomic E-state index is -0.964. The molecular weight excluding hydrogens is 278 g/mol. The maximum Gasteiger partial charge on any atom is 0.341 e. The Morgan fingerprint density at radius 2 is 2.00 bits per heavy atom. The van der Waals surface area contributed by atoms with E-state index in [-0.39, 0.29) is 5.56 Å². The van der Waals surface area contributed by atoms with E-state index in [1.165, 1.54) is 0 Å². The molecule has 0 aliphatic heterocycles. The van der Waals surface area contributed by atoms with Crippen LogP contribution in [0.25, 0.3) is 0 Å². The van der Waals surface area contributed by atoms with Gasteiger partial charge in [-0.05, 0) is 24.6 Å². The normalized spacial score (nSPS) is 10.6. The van der Waals surface area contributed by atoms with Crippen molar-refractivity contribution in [1.29, 1.82) is 0 Å². The van der Waals surface area contributed by atoms with E-state index in [2.05, 4.69) is 5.10 Å². The first-order valence-corrected chi connectivity index (χ1v) is 6.50. The maximum absolute atomic E-state index is 11.4. The lowest BCUT2D eigenvalue weighted by Gasteiger charge is -2.20. The monoisotopic (exact) mass is 293 g/mol. The summed E-state index contributed by atoms with van der Waals surface area (Å²) in [5.74, 6) is -0.376. The molecule has 1 aromatic heterocycles. The highest BCUT2D eigenvalue weighted by Gasteiger charge is 2.22. The molecule has 0 radical (unpaired) electrons. The van der Waals surface area contributed by atoms with Gasteiger partial charge < -0.3 is 10.0 Å². The maximum atomic E-state index is 11.4. The average molecular weight is 294 g/mol. The zero-order valence-corrected chi connectivity index (χ0v) is 12.3. The summed E-state index contributed by atoms with van der Waals surface area (Å²) in [4.78, 5) is 13.2. The lowest BCUT2D eigenvalue weighted by Crippen LogP contribution is -2.21. The van der Waals surface area contributed by atoms with E-state index in [4.69, 9.17) is 11.6 Å². The molecule has 0 spiro atoms. The number of aromatic carboxylic acids is 1. The predicted octanol–water partition coefficient (Wildman–Crippen LogP) is 2.72. The van der Waals surface area contributed by atoms with Crippen LogP contribution in [0.3, 0.4) is 0 Å². The van der Waals surface area contributed by atoms with E-state index < -0.39 is 5.97 Å². The number of benzene rings is 1. The number of hydrogen-bond acceptors (Lipinski definition) is 3. The van der Waals surface area contributed by atoms with Crippen molar-refractivity contribution in [3.63, 3.8) is 0 Å². The van der Waals surface area contributed by atoms with Gasteiger partial charge in [-0.1, -0.05) is 23.7 Å². The lowest BCUT2D eigenvalue weighted by atomic mass is 10.2. The van der Waals surface area contributed by atoms with Crippen LogP contribution in [0.1, 0.15) is 21.6 Å². The lowest BCUT2D eigenvalue weighted by molar-refractivity contribution is 0.0696. The summed E-state index contributed by atoms with van der Waals surface area (Å²) in [6, 6.07) is 7.47. The molecule has 1 aromatic carbocycles. The van der Waals surface area contributed by atoms with Gasteiger partial charge in [0.15, 0.2) is 0 Å². The summed E-state index contributed by atoms with van der Waals surface area (Å²) in [7, 11) is 3.59. The average Bonchev–Trinajstić information content (AvgIpc) is 2.67. The summed E-state index contributed by atoms with van der Waals surface area (Å²) in [5, 5.41) is 14.2. The highest BCUT2D eigenvalue weighted by atomic mass is 35.5. The number of carboxylic acid groups (broad SMARTS) is 1. The van der Waals surface area contributed by atoms with Gasteiger partial charge in [-0.3, -0.25) is 4.68 Å². The SMILES string of the molecule is Cc1nn(C)c(N(C)Cc2ccc(Cl)cc2)c1C(=O)O. The van der Waals surface area contributed by atoms with Crippen LogP contribution in [0.5, 0.6) is 0 Å². The second kappa shape index (κ2) is 5.54. The van der Waals surface area contributed by atoms with Crippen LogP contribution in [-0.2, 0) is 13.6 Å². The Morgan fingerprint density at radius 1 is 1.40 bits per heavy atom. The van der Waals surface area contributed by atoms with Crippen LogP contribution in [0, 0.1) is 6.92 Å². The Labute approximate surface area is 122 Å². The fourth-order valence-electron chi connectivity index (χ4n) is 2.27. The van der Waals surface area contributed by atoms with Crippen molar-refractivity contribution in [2.24, 2.45) is 7.05 Å². The molecule has 20 heavy (non-hydrogen) atoms. The van der Waals surface area contributed by atoms with Gasteiger partial charge in [0.25, 0.3) is 0 Å². The molecule has 5 nitrogen and oxygen atoms in total. The van der Waals surface area contributed by atoms with Gasteiger partial charge >= 0.3 is 5.97 Å². The molecular formula is C14H16ClN3O2. The van der Waals surface area contributed by atoms with Gasteiger partial charge in [0, 0.05) is 25.7 Å². The van der Waals surface area contributed by atoms with Crippen LogP contribution in [-0.4, -0.2) is 27.9 Å². The number of aryl methyl sites for hydroxylation is 2. The molecule has 0 unspecified atom stereocenters. The Hall–Kier alpha value is -2.01. The number of hydrogen-bond donors (Lipinski definition) is 1. The highest BCUT2D eigenvalue weighted by Crippen LogP contribution is 2.24. The molecule has 0 fully saturated rings. The Morgan fingerprint density at radius 3 is 2.55 bits per heavy atom. The van der Waals surface area contributed by atoms with E-state index in [1.54, 1.807) is 18.7 Å². The van der Waals surface area contributed by atoms with E-state index >= 15 is 0 Å². The standard InChI is InChI=1S/C14H16ClN3O2/c1-9-12(14(19)20)13(18(3)16-9)17(2)8-10-4-6-11(15)7-5-10/h4-7H,8H2,1-3H3,(H,19,20). The van der Waals surface area contributed by atoms with Crippen molar-refractivity contribution in [3.05, 3.63) is 46.1 Å². The van der Waals surface area contributed by atoms with Crippen molar-refractivity contribution in [2.45, 2.75) is 13.5 Å². The second-order valence-electron chi connectivity index (χ2n) is 4.70. The molecule has 2 rings (SSSR count). The van der Waals surface area contributed by atoms with E-state index in [9.17, 15) is 9.90 Å². The number of carboxylic acids is 1. The van der Waals surface area contributed by atoms with E-state index in [1.807, 2.05) is 36.2 Å². The van der Waals surface area contributed by atoms with Gasteiger partial charge in [-0.2, -0.15) is 5.10 Å². The Kier molecular flexibility index (Phi) is 3.99. The number of halogens is 1. The molecule has 1 heterocycles. The Balaban J connectivity index is 2.31. The molecule has 1 N–H and O–H groups in total. The first-order chi connectivity index (χ1) is 9.40. The third-order valence-electron chi connectivity index (χ3n) is 3.10. The van der Waals surface area contributed by atoms with Gasteiger partial charge in [0.05, 0.1) is 5.69 Å². The van der Waals surface area contributed by atoms with Crippen LogP contribution >= 0.6 is 11.6 Å². The zero-order valence-electron chi connectivity index (χ0n) is 11.6. The van der Waals surface area contributed by atoms with Gasteiger partial charge in [-0.15, -0.1) is 0 Å². The summed E-state index contributed by atoms with van der Waals surface area (Å²) in [6.45, 7) is 2.28. The minimum Gasteiger partial charge on any atom is -0.477 e. The van der Waals surface area contributed by atoms with Crippen molar-refractivity contribution in [2.75, 3.05) is 11.9 Å². The smallest absolute Gasteiger partial charge is 0.341 e. The molecule has 0 saturated carbocycles.